The van der Waals surface area contributed by atoms with E-state index in [2.05, 4.69) is 10.6 Å². The second kappa shape index (κ2) is 7.40. The summed E-state index contributed by atoms with van der Waals surface area (Å²) >= 11 is 0. The molecule has 0 aliphatic heterocycles. The number of nitrogens with one attached hydrogen (secondary N) is 2. The first-order valence-electron chi connectivity index (χ1n) is 7.82. The Morgan fingerprint density at radius 2 is 1.91 bits per heavy atom. The number of aryl methyl sites for hydroxylation is 1. The first-order chi connectivity index (χ1) is 10.5. The van der Waals surface area contributed by atoms with Crippen LogP contribution in [0.15, 0.2) is 18.2 Å². The molecular weight excluding hydrogens is 280 g/mol. The number of hydrogen-bond acceptors (Lipinski definition) is 3. The van der Waals surface area contributed by atoms with Crippen LogP contribution in [0.2, 0.25) is 0 Å². The predicted octanol–water partition coefficient (Wildman–Crippen LogP) is 1.91. The fourth-order valence-corrected chi connectivity index (χ4v) is 2.80. The highest BCUT2D eigenvalue weighted by molar-refractivity contribution is 6.39. The van der Waals surface area contributed by atoms with E-state index in [-0.39, 0.29) is 12.0 Å². The summed E-state index contributed by atoms with van der Waals surface area (Å²) in [5.41, 5.74) is 2.66. The molecule has 0 bridgehead atoms. The van der Waals surface area contributed by atoms with Crippen molar-refractivity contribution in [1.29, 1.82) is 0 Å². The molecule has 2 amide bonds. The van der Waals surface area contributed by atoms with E-state index in [9.17, 15) is 14.7 Å². The molecule has 2 rings (SSSR count). The molecule has 2 atom stereocenters. The number of carbonyl (C=O) groups is 2. The summed E-state index contributed by atoms with van der Waals surface area (Å²) in [5.74, 6) is -1.27. The zero-order valence-corrected chi connectivity index (χ0v) is 13.2. The first-order valence-corrected chi connectivity index (χ1v) is 7.82. The maximum Gasteiger partial charge on any atom is 0.313 e. The van der Waals surface area contributed by atoms with Gasteiger partial charge in [-0.15, -0.1) is 0 Å². The van der Waals surface area contributed by atoms with E-state index in [0.29, 0.717) is 12.2 Å². The lowest BCUT2D eigenvalue weighted by Crippen LogP contribution is -2.41. The average Bonchev–Trinajstić information content (AvgIpc) is 2.50. The van der Waals surface area contributed by atoms with Crippen molar-refractivity contribution in [2.75, 3.05) is 11.9 Å². The van der Waals surface area contributed by atoms with Crippen molar-refractivity contribution in [3.8, 4) is 0 Å². The molecule has 0 saturated heterocycles. The van der Waals surface area contributed by atoms with E-state index < -0.39 is 11.8 Å². The number of hydrogen-bond donors (Lipinski definition) is 3. The molecule has 1 aliphatic rings. The van der Waals surface area contributed by atoms with Gasteiger partial charge in [0, 0.05) is 18.2 Å². The quantitative estimate of drug-likeness (QED) is 0.746. The maximum atomic E-state index is 11.9. The Morgan fingerprint density at radius 1 is 1.18 bits per heavy atom. The normalized spacial score (nSPS) is 21.2. The maximum absolute atomic E-state index is 11.9. The summed E-state index contributed by atoms with van der Waals surface area (Å²) in [5, 5.41) is 15.1. The van der Waals surface area contributed by atoms with Gasteiger partial charge in [-0.1, -0.05) is 25.0 Å². The van der Waals surface area contributed by atoms with E-state index >= 15 is 0 Å². The largest absolute Gasteiger partial charge is 0.393 e. The molecule has 1 aliphatic carbocycles. The van der Waals surface area contributed by atoms with Crippen molar-refractivity contribution in [3.05, 3.63) is 29.3 Å². The number of benzene rings is 1. The Bertz CT molecular complexity index is 557. The van der Waals surface area contributed by atoms with E-state index in [4.69, 9.17) is 0 Å². The van der Waals surface area contributed by atoms with Gasteiger partial charge in [0.05, 0.1) is 6.10 Å². The summed E-state index contributed by atoms with van der Waals surface area (Å²) in [4.78, 5) is 23.8. The number of amides is 2. The third-order valence-electron chi connectivity index (χ3n) is 4.45. The van der Waals surface area contributed by atoms with Gasteiger partial charge in [0.1, 0.15) is 0 Å². The summed E-state index contributed by atoms with van der Waals surface area (Å²) in [6.07, 6.45) is 3.37. The van der Waals surface area contributed by atoms with Gasteiger partial charge in [-0.05, 0) is 43.9 Å². The number of aliphatic hydroxyl groups excluding tert-OH is 1. The summed E-state index contributed by atoms with van der Waals surface area (Å²) in [6.45, 7) is 4.21. The van der Waals surface area contributed by atoms with Crippen LogP contribution in [0.5, 0.6) is 0 Å². The second-order valence-corrected chi connectivity index (χ2v) is 6.02. The van der Waals surface area contributed by atoms with Gasteiger partial charge >= 0.3 is 11.8 Å². The van der Waals surface area contributed by atoms with Crippen molar-refractivity contribution < 1.29 is 14.7 Å². The molecule has 1 aromatic carbocycles. The molecule has 2 unspecified atom stereocenters. The van der Waals surface area contributed by atoms with E-state index in [1.807, 2.05) is 26.0 Å². The summed E-state index contributed by atoms with van der Waals surface area (Å²) < 4.78 is 0. The SMILES string of the molecule is Cc1cccc(NC(=O)C(=O)NCC2CCCCC2O)c1C. The lowest BCUT2D eigenvalue weighted by molar-refractivity contribution is -0.136. The molecule has 3 N–H and O–H groups in total. The Kier molecular flexibility index (Phi) is 5.55. The molecule has 0 radical (unpaired) electrons. The molecule has 1 saturated carbocycles. The van der Waals surface area contributed by atoms with E-state index in [1.165, 1.54) is 0 Å². The van der Waals surface area contributed by atoms with E-state index in [0.717, 1.165) is 36.8 Å². The Hall–Kier alpha value is -1.88. The van der Waals surface area contributed by atoms with Crippen molar-refractivity contribution in [1.82, 2.24) is 5.32 Å². The number of anilines is 1. The molecule has 0 aromatic heterocycles. The highest BCUT2D eigenvalue weighted by Crippen LogP contribution is 2.23. The zero-order valence-electron chi connectivity index (χ0n) is 13.2. The molecule has 120 valence electrons. The van der Waals surface area contributed by atoms with Crippen molar-refractivity contribution in [2.45, 2.75) is 45.6 Å². The van der Waals surface area contributed by atoms with Crippen LogP contribution < -0.4 is 10.6 Å². The van der Waals surface area contributed by atoms with Gasteiger partial charge in [-0.3, -0.25) is 9.59 Å². The second-order valence-electron chi connectivity index (χ2n) is 6.02. The zero-order chi connectivity index (χ0) is 16.1. The minimum absolute atomic E-state index is 0.0474. The van der Waals surface area contributed by atoms with Gasteiger partial charge in [0.2, 0.25) is 0 Å². The van der Waals surface area contributed by atoms with Crippen molar-refractivity contribution in [2.24, 2.45) is 5.92 Å². The third-order valence-corrected chi connectivity index (χ3v) is 4.45. The Balaban J connectivity index is 1.87. The van der Waals surface area contributed by atoms with Gasteiger partial charge in [-0.2, -0.15) is 0 Å². The number of rotatable bonds is 3. The molecule has 0 spiro atoms. The lowest BCUT2D eigenvalue weighted by atomic mass is 9.86. The summed E-state index contributed by atoms with van der Waals surface area (Å²) in [6, 6.07) is 5.57. The fraction of sp³-hybridized carbons (Fsp3) is 0.529. The molecule has 1 aromatic rings. The van der Waals surface area contributed by atoms with Crippen molar-refractivity contribution >= 4 is 17.5 Å². The average molecular weight is 304 g/mol. The first kappa shape index (κ1) is 16.5. The third kappa shape index (κ3) is 4.07. The Labute approximate surface area is 131 Å². The van der Waals surface area contributed by atoms with Crippen LogP contribution >= 0.6 is 0 Å². The molecular formula is C17H24N2O3. The van der Waals surface area contributed by atoms with Gasteiger partial charge in [0.25, 0.3) is 0 Å². The topological polar surface area (TPSA) is 78.4 Å². The molecule has 5 heteroatoms. The lowest BCUT2D eigenvalue weighted by Gasteiger charge is -2.27. The number of aliphatic hydroxyl groups is 1. The van der Waals surface area contributed by atoms with Gasteiger partial charge < -0.3 is 15.7 Å². The molecule has 5 nitrogen and oxygen atoms in total. The van der Waals surface area contributed by atoms with Crippen LogP contribution in [-0.2, 0) is 9.59 Å². The van der Waals surface area contributed by atoms with Crippen LogP contribution in [0.3, 0.4) is 0 Å². The van der Waals surface area contributed by atoms with E-state index in [1.54, 1.807) is 6.07 Å². The Morgan fingerprint density at radius 3 is 2.64 bits per heavy atom. The van der Waals surface area contributed by atoms with Crippen LogP contribution in [0.25, 0.3) is 0 Å². The summed E-state index contributed by atoms with van der Waals surface area (Å²) in [7, 11) is 0. The van der Waals surface area contributed by atoms with Crippen molar-refractivity contribution in [3.63, 3.8) is 0 Å². The standard InChI is InChI=1S/C17H24N2O3/c1-11-6-5-8-14(12(11)2)19-17(22)16(21)18-10-13-7-3-4-9-15(13)20/h5-6,8,13,15,20H,3-4,7,9-10H2,1-2H3,(H,18,21)(H,19,22). The molecule has 0 heterocycles. The van der Waals surface area contributed by atoms with Crippen LogP contribution in [0.1, 0.15) is 36.8 Å². The fourth-order valence-electron chi connectivity index (χ4n) is 2.80. The highest BCUT2D eigenvalue weighted by atomic mass is 16.3. The monoisotopic (exact) mass is 304 g/mol. The molecule has 22 heavy (non-hydrogen) atoms. The smallest absolute Gasteiger partial charge is 0.313 e. The molecule has 1 fully saturated rings. The minimum atomic E-state index is -0.668. The predicted molar refractivity (Wildman–Crippen MR) is 85.5 cm³/mol. The highest BCUT2D eigenvalue weighted by Gasteiger charge is 2.24. The van der Waals surface area contributed by atoms with Crippen LogP contribution in [0.4, 0.5) is 5.69 Å². The minimum Gasteiger partial charge on any atom is -0.393 e. The van der Waals surface area contributed by atoms with Crippen LogP contribution in [0, 0.1) is 19.8 Å². The van der Waals surface area contributed by atoms with Gasteiger partial charge in [0.15, 0.2) is 0 Å². The van der Waals surface area contributed by atoms with Gasteiger partial charge in [-0.25, -0.2) is 0 Å². The van der Waals surface area contributed by atoms with Crippen LogP contribution in [-0.4, -0.2) is 29.6 Å². The number of carbonyl (C=O) groups excluding carboxylic acids is 2.